The zero-order valence-electron chi connectivity index (χ0n) is 17.1. The Balaban J connectivity index is 1.24. The molecule has 3 aliphatic rings. The van der Waals surface area contributed by atoms with E-state index >= 15 is 0 Å². The first-order valence-corrected chi connectivity index (χ1v) is 10.7. The fraction of sp³-hybridized carbons (Fsp3) is 0.682. The van der Waals surface area contributed by atoms with Gasteiger partial charge in [-0.3, -0.25) is 19.5 Å². The number of piperazine rings is 1. The molecule has 1 saturated carbocycles. The summed E-state index contributed by atoms with van der Waals surface area (Å²) in [6.45, 7) is 9.77. The monoisotopic (exact) mass is 384 g/mol. The second-order valence-electron chi connectivity index (χ2n) is 9.09. The Kier molecular flexibility index (Phi) is 5.41. The van der Waals surface area contributed by atoms with Crippen molar-refractivity contribution in [2.24, 2.45) is 11.3 Å². The van der Waals surface area contributed by atoms with E-state index in [4.69, 9.17) is 0 Å². The molecule has 28 heavy (non-hydrogen) atoms. The lowest BCUT2D eigenvalue weighted by molar-refractivity contribution is -0.147. The van der Waals surface area contributed by atoms with Gasteiger partial charge in [0.25, 0.3) is 5.91 Å². The zero-order valence-corrected chi connectivity index (χ0v) is 17.1. The van der Waals surface area contributed by atoms with Crippen LogP contribution in [0.25, 0.3) is 0 Å². The second-order valence-corrected chi connectivity index (χ2v) is 9.09. The minimum atomic E-state index is 0.104. The predicted octanol–water partition coefficient (Wildman–Crippen LogP) is 2.27. The van der Waals surface area contributed by atoms with Crippen LogP contribution in [-0.4, -0.2) is 76.8 Å². The zero-order chi connectivity index (χ0) is 19.7. The molecular formula is C22H32N4O2. The summed E-state index contributed by atoms with van der Waals surface area (Å²) in [4.78, 5) is 36.0. The van der Waals surface area contributed by atoms with Gasteiger partial charge in [-0.25, -0.2) is 0 Å². The number of likely N-dealkylation sites (tertiary alicyclic amines) is 1. The molecule has 2 saturated heterocycles. The van der Waals surface area contributed by atoms with Crippen molar-refractivity contribution in [3.8, 4) is 0 Å². The lowest BCUT2D eigenvalue weighted by Crippen LogP contribution is -2.56. The number of hydrogen-bond acceptors (Lipinski definition) is 4. The third-order valence-electron chi connectivity index (χ3n) is 7.10. The van der Waals surface area contributed by atoms with Crippen LogP contribution < -0.4 is 0 Å². The number of carbonyl (C=O) groups is 2. The van der Waals surface area contributed by atoms with E-state index in [9.17, 15) is 9.59 Å². The van der Waals surface area contributed by atoms with Crippen LogP contribution in [0.2, 0.25) is 0 Å². The van der Waals surface area contributed by atoms with Gasteiger partial charge in [-0.2, -0.15) is 0 Å². The topological polar surface area (TPSA) is 56.8 Å². The molecule has 1 aromatic rings. The van der Waals surface area contributed by atoms with Crippen LogP contribution in [0.4, 0.5) is 0 Å². The Labute approximate surface area is 167 Å². The largest absolute Gasteiger partial charge is 0.340 e. The van der Waals surface area contributed by atoms with Crippen LogP contribution in [-0.2, 0) is 4.79 Å². The van der Waals surface area contributed by atoms with Gasteiger partial charge in [0.15, 0.2) is 0 Å². The molecule has 1 spiro atoms. The fourth-order valence-electron chi connectivity index (χ4n) is 5.15. The molecule has 1 aromatic heterocycles. The molecule has 6 nitrogen and oxygen atoms in total. The van der Waals surface area contributed by atoms with Gasteiger partial charge >= 0.3 is 0 Å². The van der Waals surface area contributed by atoms with Crippen LogP contribution in [0.1, 0.15) is 49.9 Å². The molecule has 2 aliphatic heterocycles. The fourth-order valence-corrected chi connectivity index (χ4v) is 5.15. The van der Waals surface area contributed by atoms with Crippen molar-refractivity contribution < 1.29 is 9.59 Å². The Hall–Kier alpha value is -1.95. The highest BCUT2D eigenvalue weighted by Crippen LogP contribution is 2.53. The van der Waals surface area contributed by atoms with Gasteiger partial charge in [0.05, 0.1) is 0 Å². The van der Waals surface area contributed by atoms with E-state index in [2.05, 4.69) is 28.6 Å². The van der Waals surface area contributed by atoms with Crippen LogP contribution >= 0.6 is 0 Å². The first-order valence-electron chi connectivity index (χ1n) is 10.7. The van der Waals surface area contributed by atoms with Crippen LogP contribution in [0.3, 0.4) is 0 Å². The van der Waals surface area contributed by atoms with Crippen LogP contribution in [0, 0.1) is 11.3 Å². The maximum atomic E-state index is 12.9. The molecule has 0 unspecified atom stereocenters. The summed E-state index contributed by atoms with van der Waals surface area (Å²) in [6.07, 6.45) is 7.40. The van der Waals surface area contributed by atoms with Gasteiger partial charge < -0.3 is 9.80 Å². The minimum Gasteiger partial charge on any atom is -0.340 e. The smallest absolute Gasteiger partial charge is 0.253 e. The second kappa shape index (κ2) is 7.82. The molecule has 152 valence electrons. The quantitative estimate of drug-likeness (QED) is 0.802. The van der Waals surface area contributed by atoms with Crippen molar-refractivity contribution in [1.82, 2.24) is 19.7 Å². The van der Waals surface area contributed by atoms with E-state index in [0.717, 1.165) is 65.0 Å². The SMILES string of the molecule is CC(C)N1CCN(C(=O)C2CC3(CCN(C(=O)c4ccncc4)CC3)C2)CC1. The molecular weight excluding hydrogens is 352 g/mol. The summed E-state index contributed by atoms with van der Waals surface area (Å²) in [5.74, 6) is 0.671. The molecule has 6 heteroatoms. The predicted molar refractivity (Wildman–Crippen MR) is 108 cm³/mol. The number of amides is 2. The van der Waals surface area contributed by atoms with Crippen LogP contribution in [0.15, 0.2) is 24.5 Å². The van der Waals surface area contributed by atoms with Crippen molar-refractivity contribution in [2.45, 2.75) is 45.6 Å². The van der Waals surface area contributed by atoms with Gasteiger partial charge in [-0.05, 0) is 57.1 Å². The van der Waals surface area contributed by atoms with Gasteiger partial charge in [-0.15, -0.1) is 0 Å². The molecule has 2 amide bonds. The molecule has 3 fully saturated rings. The van der Waals surface area contributed by atoms with E-state index in [0.29, 0.717) is 17.5 Å². The summed E-state index contributed by atoms with van der Waals surface area (Å²) in [5.41, 5.74) is 1.00. The van der Waals surface area contributed by atoms with Crippen LogP contribution in [0.5, 0.6) is 0 Å². The molecule has 0 N–H and O–H groups in total. The van der Waals surface area contributed by atoms with Crippen molar-refractivity contribution in [1.29, 1.82) is 0 Å². The number of hydrogen-bond donors (Lipinski definition) is 0. The molecule has 0 bridgehead atoms. The lowest BCUT2D eigenvalue weighted by atomic mass is 9.57. The Morgan fingerprint density at radius 2 is 1.57 bits per heavy atom. The molecule has 0 atom stereocenters. The van der Waals surface area contributed by atoms with Gasteiger partial charge in [-0.1, -0.05) is 0 Å². The summed E-state index contributed by atoms with van der Waals surface area (Å²) in [6, 6.07) is 4.12. The van der Waals surface area contributed by atoms with Gasteiger partial charge in [0.1, 0.15) is 0 Å². The van der Waals surface area contributed by atoms with E-state index in [-0.39, 0.29) is 17.2 Å². The minimum absolute atomic E-state index is 0.104. The van der Waals surface area contributed by atoms with Crippen molar-refractivity contribution in [3.63, 3.8) is 0 Å². The summed E-state index contributed by atoms with van der Waals surface area (Å²) >= 11 is 0. The normalized spacial score (nSPS) is 23.1. The first kappa shape index (κ1) is 19.4. The third kappa shape index (κ3) is 3.79. The Morgan fingerprint density at radius 3 is 2.14 bits per heavy atom. The third-order valence-corrected chi connectivity index (χ3v) is 7.10. The average Bonchev–Trinajstić information content (AvgIpc) is 2.72. The van der Waals surface area contributed by atoms with Crippen molar-refractivity contribution in [3.05, 3.63) is 30.1 Å². The number of rotatable bonds is 3. The molecule has 1 aliphatic carbocycles. The van der Waals surface area contributed by atoms with E-state index in [1.807, 2.05) is 4.90 Å². The number of piperidine rings is 1. The average molecular weight is 385 g/mol. The maximum absolute atomic E-state index is 12.9. The van der Waals surface area contributed by atoms with Crippen molar-refractivity contribution in [2.75, 3.05) is 39.3 Å². The summed E-state index contributed by atoms with van der Waals surface area (Å²) in [5, 5.41) is 0. The first-order chi connectivity index (χ1) is 13.5. The van der Waals surface area contributed by atoms with E-state index in [1.165, 1.54) is 0 Å². The summed E-state index contributed by atoms with van der Waals surface area (Å²) < 4.78 is 0. The lowest BCUT2D eigenvalue weighted by Gasteiger charge is -2.52. The number of aromatic nitrogens is 1. The number of pyridine rings is 1. The van der Waals surface area contributed by atoms with Gasteiger partial charge in [0, 0.05) is 69.2 Å². The molecule has 3 heterocycles. The molecule has 0 radical (unpaired) electrons. The number of nitrogens with zero attached hydrogens (tertiary/aromatic N) is 4. The highest BCUT2D eigenvalue weighted by Gasteiger charge is 2.49. The highest BCUT2D eigenvalue weighted by molar-refractivity contribution is 5.94. The van der Waals surface area contributed by atoms with E-state index in [1.54, 1.807) is 24.5 Å². The standard InChI is InChI=1S/C22H32N4O2/c1-17(2)24-11-13-26(14-12-24)21(28)19-15-22(16-19)5-9-25(10-6-22)20(27)18-3-7-23-8-4-18/h3-4,7-8,17,19H,5-6,9-16H2,1-2H3. The Morgan fingerprint density at radius 1 is 0.964 bits per heavy atom. The maximum Gasteiger partial charge on any atom is 0.253 e. The number of carbonyl (C=O) groups excluding carboxylic acids is 2. The molecule has 0 aromatic carbocycles. The summed E-state index contributed by atoms with van der Waals surface area (Å²) in [7, 11) is 0. The Bertz CT molecular complexity index is 697. The molecule has 4 rings (SSSR count). The van der Waals surface area contributed by atoms with E-state index < -0.39 is 0 Å². The highest BCUT2D eigenvalue weighted by atomic mass is 16.2. The van der Waals surface area contributed by atoms with Gasteiger partial charge in [0.2, 0.25) is 5.91 Å². The van der Waals surface area contributed by atoms with Crippen molar-refractivity contribution >= 4 is 11.8 Å².